The average Bonchev–Trinajstić information content (AvgIpc) is 2.38. The molecule has 0 bridgehead atoms. The lowest BCUT2D eigenvalue weighted by molar-refractivity contribution is -0.139. The number of carbonyl (C=O) groups is 2. The fraction of sp³-hybridized carbons (Fsp3) is 0.462. The Kier molecular flexibility index (Phi) is 5.95. The summed E-state index contributed by atoms with van der Waals surface area (Å²) >= 11 is 0. The number of carboxylic acid groups (broad SMARTS) is 1. The average molecular weight is 265 g/mol. The first-order valence-electron chi connectivity index (χ1n) is 6.21. The molecule has 1 rings (SSSR count). The lowest BCUT2D eigenvalue weighted by Gasteiger charge is -2.14. The first-order chi connectivity index (χ1) is 9.04. The number of hydrogen-bond acceptors (Lipinski definition) is 4. The summed E-state index contributed by atoms with van der Waals surface area (Å²) in [5.41, 5.74) is 6.51. The predicted octanol–water partition coefficient (Wildman–Crippen LogP) is 0.702. The molecular weight excluding hydrogens is 246 g/mol. The molecule has 1 amide bonds. The van der Waals surface area contributed by atoms with E-state index in [-0.39, 0.29) is 0 Å². The van der Waals surface area contributed by atoms with Gasteiger partial charge in [-0.15, -0.1) is 0 Å². The second-order valence-corrected chi connectivity index (χ2v) is 4.34. The van der Waals surface area contributed by atoms with E-state index in [0.717, 1.165) is 12.1 Å². The molecule has 0 aliphatic rings. The number of carbonyl (C=O) groups excluding carboxylic acids is 1. The van der Waals surface area contributed by atoms with Crippen LogP contribution in [0.5, 0.6) is 0 Å². The number of carboxylic acids is 1. The molecule has 0 spiro atoms. The van der Waals surface area contributed by atoms with Gasteiger partial charge in [0.25, 0.3) is 5.91 Å². The third-order valence-electron chi connectivity index (χ3n) is 2.72. The summed E-state index contributed by atoms with van der Waals surface area (Å²) in [5.74, 6) is -1.46. The second-order valence-electron chi connectivity index (χ2n) is 4.34. The van der Waals surface area contributed by atoms with E-state index in [0.29, 0.717) is 24.9 Å². The van der Waals surface area contributed by atoms with E-state index in [2.05, 4.69) is 10.3 Å². The fourth-order valence-corrected chi connectivity index (χ4v) is 1.59. The van der Waals surface area contributed by atoms with E-state index >= 15 is 0 Å². The van der Waals surface area contributed by atoms with Crippen molar-refractivity contribution in [1.29, 1.82) is 0 Å². The summed E-state index contributed by atoms with van der Waals surface area (Å²) in [4.78, 5) is 26.9. The highest BCUT2D eigenvalue weighted by atomic mass is 16.4. The van der Waals surface area contributed by atoms with Crippen LogP contribution in [-0.4, -0.2) is 34.6 Å². The van der Waals surface area contributed by atoms with Crippen molar-refractivity contribution >= 4 is 11.9 Å². The molecular formula is C13H19N3O3. The van der Waals surface area contributed by atoms with Crippen molar-refractivity contribution in [3.05, 3.63) is 29.6 Å². The zero-order valence-electron chi connectivity index (χ0n) is 10.9. The summed E-state index contributed by atoms with van der Waals surface area (Å²) in [7, 11) is 0. The molecule has 6 heteroatoms. The minimum absolute atomic E-state index is 0.357. The number of pyridine rings is 1. The summed E-state index contributed by atoms with van der Waals surface area (Å²) < 4.78 is 0. The van der Waals surface area contributed by atoms with Crippen LogP contribution in [0.2, 0.25) is 0 Å². The SMILES string of the molecule is Cc1ccc(C(=O)NC(CCCCN)C(=O)O)cn1. The van der Waals surface area contributed by atoms with E-state index in [1.165, 1.54) is 6.20 Å². The van der Waals surface area contributed by atoms with Gasteiger partial charge in [-0.3, -0.25) is 9.78 Å². The van der Waals surface area contributed by atoms with Gasteiger partial charge in [-0.1, -0.05) is 0 Å². The smallest absolute Gasteiger partial charge is 0.326 e. The number of rotatable bonds is 7. The first kappa shape index (κ1) is 15.1. The molecule has 0 fully saturated rings. The van der Waals surface area contributed by atoms with Crippen molar-refractivity contribution in [1.82, 2.24) is 10.3 Å². The largest absolute Gasteiger partial charge is 0.480 e. The van der Waals surface area contributed by atoms with Crippen molar-refractivity contribution in [2.75, 3.05) is 6.54 Å². The van der Waals surface area contributed by atoms with Gasteiger partial charge in [0.05, 0.1) is 5.56 Å². The molecule has 4 N–H and O–H groups in total. The number of nitrogens with one attached hydrogen (secondary N) is 1. The molecule has 1 aromatic heterocycles. The van der Waals surface area contributed by atoms with Gasteiger partial charge in [0.15, 0.2) is 0 Å². The third kappa shape index (κ3) is 5.05. The molecule has 6 nitrogen and oxygen atoms in total. The molecule has 1 unspecified atom stereocenters. The van der Waals surface area contributed by atoms with Crippen LogP contribution in [0, 0.1) is 6.92 Å². The van der Waals surface area contributed by atoms with Gasteiger partial charge < -0.3 is 16.2 Å². The van der Waals surface area contributed by atoms with Crippen LogP contribution in [0.15, 0.2) is 18.3 Å². The van der Waals surface area contributed by atoms with Crippen molar-refractivity contribution < 1.29 is 14.7 Å². The highest BCUT2D eigenvalue weighted by Crippen LogP contribution is 2.04. The fourth-order valence-electron chi connectivity index (χ4n) is 1.59. The minimum atomic E-state index is -1.04. The Morgan fingerprint density at radius 1 is 1.42 bits per heavy atom. The number of amides is 1. The molecule has 1 heterocycles. The Morgan fingerprint density at radius 2 is 2.16 bits per heavy atom. The standard InChI is InChI=1S/C13H19N3O3/c1-9-5-6-10(8-15-9)12(17)16-11(13(18)19)4-2-3-7-14/h5-6,8,11H,2-4,7,14H2,1H3,(H,16,17)(H,18,19). The quantitative estimate of drug-likeness (QED) is 0.629. The maximum Gasteiger partial charge on any atom is 0.326 e. The third-order valence-corrected chi connectivity index (χ3v) is 2.72. The molecule has 1 atom stereocenters. The Hall–Kier alpha value is -1.95. The van der Waals surface area contributed by atoms with Crippen LogP contribution in [0.3, 0.4) is 0 Å². The van der Waals surface area contributed by atoms with E-state index in [1.807, 2.05) is 6.92 Å². The van der Waals surface area contributed by atoms with Crippen molar-refractivity contribution in [2.24, 2.45) is 5.73 Å². The van der Waals surface area contributed by atoms with Crippen LogP contribution in [0.4, 0.5) is 0 Å². The number of aromatic nitrogens is 1. The van der Waals surface area contributed by atoms with E-state index in [4.69, 9.17) is 10.8 Å². The van der Waals surface area contributed by atoms with E-state index in [1.54, 1.807) is 12.1 Å². The van der Waals surface area contributed by atoms with Crippen LogP contribution >= 0.6 is 0 Å². The summed E-state index contributed by atoms with van der Waals surface area (Å²) in [6.07, 6.45) is 3.21. The minimum Gasteiger partial charge on any atom is -0.480 e. The number of aliphatic carboxylic acids is 1. The lowest BCUT2D eigenvalue weighted by Crippen LogP contribution is -2.40. The lowest BCUT2D eigenvalue weighted by atomic mass is 10.1. The number of nitrogens with zero attached hydrogens (tertiary/aromatic N) is 1. The number of nitrogens with two attached hydrogens (primary N) is 1. The summed E-state index contributed by atoms with van der Waals surface area (Å²) in [6.45, 7) is 2.33. The maximum absolute atomic E-state index is 11.9. The zero-order valence-corrected chi connectivity index (χ0v) is 10.9. The molecule has 19 heavy (non-hydrogen) atoms. The number of unbranched alkanes of at least 4 members (excludes halogenated alkanes) is 1. The molecule has 0 aromatic carbocycles. The number of hydrogen-bond donors (Lipinski definition) is 3. The van der Waals surface area contributed by atoms with Gasteiger partial charge in [-0.2, -0.15) is 0 Å². The maximum atomic E-state index is 11.9. The summed E-state index contributed by atoms with van der Waals surface area (Å²) in [5, 5.41) is 11.5. The molecule has 0 aliphatic heterocycles. The first-order valence-corrected chi connectivity index (χ1v) is 6.21. The highest BCUT2D eigenvalue weighted by Gasteiger charge is 2.20. The predicted molar refractivity (Wildman–Crippen MR) is 70.8 cm³/mol. The van der Waals surface area contributed by atoms with E-state index in [9.17, 15) is 9.59 Å². The van der Waals surface area contributed by atoms with Gasteiger partial charge in [0, 0.05) is 11.9 Å². The monoisotopic (exact) mass is 265 g/mol. The van der Waals surface area contributed by atoms with Crippen LogP contribution in [0.1, 0.15) is 35.3 Å². The Labute approximate surface area is 112 Å². The van der Waals surface area contributed by atoms with Crippen molar-refractivity contribution in [3.63, 3.8) is 0 Å². The summed E-state index contributed by atoms with van der Waals surface area (Å²) in [6, 6.07) is 2.44. The van der Waals surface area contributed by atoms with Gasteiger partial charge in [-0.25, -0.2) is 4.79 Å². The Balaban J connectivity index is 2.60. The molecule has 104 valence electrons. The normalized spacial score (nSPS) is 11.9. The van der Waals surface area contributed by atoms with Crippen LogP contribution in [-0.2, 0) is 4.79 Å². The number of aryl methyl sites for hydroxylation is 1. The molecule has 1 aromatic rings. The van der Waals surface area contributed by atoms with Crippen molar-refractivity contribution in [2.45, 2.75) is 32.2 Å². The molecule has 0 saturated heterocycles. The Bertz CT molecular complexity index is 431. The molecule has 0 saturated carbocycles. The van der Waals surface area contributed by atoms with Crippen molar-refractivity contribution in [3.8, 4) is 0 Å². The second kappa shape index (κ2) is 7.48. The van der Waals surface area contributed by atoms with Gasteiger partial charge in [-0.05, 0) is 44.9 Å². The molecule has 0 radical (unpaired) electrons. The molecule has 0 aliphatic carbocycles. The van der Waals surface area contributed by atoms with Crippen LogP contribution < -0.4 is 11.1 Å². The van der Waals surface area contributed by atoms with Crippen LogP contribution in [0.25, 0.3) is 0 Å². The topological polar surface area (TPSA) is 105 Å². The van der Waals surface area contributed by atoms with Gasteiger partial charge >= 0.3 is 5.97 Å². The van der Waals surface area contributed by atoms with Gasteiger partial charge in [0.2, 0.25) is 0 Å². The van der Waals surface area contributed by atoms with Gasteiger partial charge in [0.1, 0.15) is 6.04 Å². The van der Waals surface area contributed by atoms with E-state index < -0.39 is 17.9 Å². The Morgan fingerprint density at radius 3 is 2.68 bits per heavy atom. The highest BCUT2D eigenvalue weighted by molar-refractivity contribution is 5.96. The zero-order chi connectivity index (χ0) is 14.3.